The van der Waals surface area contributed by atoms with Gasteiger partial charge in [0.15, 0.2) is 5.78 Å². The minimum absolute atomic E-state index is 0.0752. The van der Waals surface area contributed by atoms with Crippen LogP contribution in [0.1, 0.15) is 28.6 Å². The van der Waals surface area contributed by atoms with Crippen LogP contribution in [0.4, 0.5) is 0 Å². The van der Waals surface area contributed by atoms with Gasteiger partial charge in [0.25, 0.3) is 0 Å². The standard InChI is InChI=1S/C9H10O3/c1-5-4-8(11)12-7(3)9(5)6(2)10/h4H,1-3H3. The minimum atomic E-state index is -0.407. The topological polar surface area (TPSA) is 47.3 Å². The third-order valence-electron chi connectivity index (χ3n) is 1.69. The summed E-state index contributed by atoms with van der Waals surface area (Å²) in [4.78, 5) is 21.8. The molecule has 0 atom stereocenters. The normalized spacial score (nSPS) is 9.92. The molecule has 0 aromatic carbocycles. The lowest BCUT2D eigenvalue weighted by molar-refractivity contribution is 0.101. The smallest absolute Gasteiger partial charge is 0.336 e. The zero-order valence-corrected chi connectivity index (χ0v) is 7.30. The van der Waals surface area contributed by atoms with Gasteiger partial charge >= 0.3 is 5.63 Å². The van der Waals surface area contributed by atoms with Gasteiger partial charge in [-0.1, -0.05) is 0 Å². The molecule has 0 unspecified atom stereocenters. The van der Waals surface area contributed by atoms with E-state index in [4.69, 9.17) is 4.42 Å². The molecule has 0 aliphatic carbocycles. The summed E-state index contributed by atoms with van der Waals surface area (Å²) in [6.07, 6.45) is 0. The van der Waals surface area contributed by atoms with Gasteiger partial charge in [0, 0.05) is 6.07 Å². The molecule has 1 aromatic heterocycles. The number of ketones is 1. The highest BCUT2D eigenvalue weighted by molar-refractivity contribution is 5.96. The van der Waals surface area contributed by atoms with Gasteiger partial charge in [-0.3, -0.25) is 4.79 Å². The second-order valence-electron chi connectivity index (χ2n) is 2.74. The van der Waals surface area contributed by atoms with Crippen molar-refractivity contribution in [1.29, 1.82) is 0 Å². The van der Waals surface area contributed by atoms with Crippen LogP contribution >= 0.6 is 0 Å². The first-order valence-electron chi connectivity index (χ1n) is 3.64. The van der Waals surface area contributed by atoms with Crippen molar-refractivity contribution in [2.75, 3.05) is 0 Å². The second kappa shape index (κ2) is 2.93. The van der Waals surface area contributed by atoms with E-state index in [0.717, 1.165) is 0 Å². The Kier molecular flexibility index (Phi) is 2.13. The summed E-state index contributed by atoms with van der Waals surface area (Å²) in [5, 5.41) is 0. The number of hydrogen-bond donors (Lipinski definition) is 0. The second-order valence-corrected chi connectivity index (χ2v) is 2.74. The SMILES string of the molecule is CC(=O)c1c(C)cc(=O)oc1C. The molecule has 0 radical (unpaired) electrons. The molecule has 1 rings (SSSR count). The molecule has 0 amide bonds. The van der Waals surface area contributed by atoms with Gasteiger partial charge in [0.05, 0.1) is 5.56 Å². The Labute approximate surface area is 70.0 Å². The van der Waals surface area contributed by atoms with Crippen LogP contribution in [0, 0.1) is 13.8 Å². The molecule has 64 valence electrons. The van der Waals surface area contributed by atoms with E-state index in [1.807, 2.05) is 0 Å². The van der Waals surface area contributed by atoms with Crippen LogP contribution in [0.5, 0.6) is 0 Å². The molecule has 1 aromatic rings. The Balaban J connectivity index is 3.48. The zero-order chi connectivity index (χ0) is 9.30. The van der Waals surface area contributed by atoms with Crippen molar-refractivity contribution in [1.82, 2.24) is 0 Å². The number of rotatable bonds is 1. The highest BCUT2D eigenvalue weighted by Gasteiger charge is 2.09. The molecule has 0 fully saturated rings. The summed E-state index contributed by atoms with van der Waals surface area (Å²) >= 11 is 0. The maximum Gasteiger partial charge on any atom is 0.336 e. The highest BCUT2D eigenvalue weighted by atomic mass is 16.4. The maximum atomic E-state index is 11.0. The lowest BCUT2D eigenvalue weighted by Gasteiger charge is -2.02. The molecule has 1 heterocycles. The molecule has 0 aliphatic heterocycles. The van der Waals surface area contributed by atoms with Crippen LogP contribution in [0.25, 0.3) is 0 Å². The highest BCUT2D eigenvalue weighted by Crippen LogP contribution is 2.10. The quantitative estimate of drug-likeness (QED) is 0.593. The van der Waals surface area contributed by atoms with E-state index in [0.29, 0.717) is 16.9 Å². The van der Waals surface area contributed by atoms with Gasteiger partial charge in [-0.25, -0.2) is 4.79 Å². The number of carbonyl (C=O) groups is 1. The summed E-state index contributed by atoms with van der Waals surface area (Å²) in [5.74, 6) is 0.321. The molecule has 12 heavy (non-hydrogen) atoms. The monoisotopic (exact) mass is 166 g/mol. The van der Waals surface area contributed by atoms with Crippen LogP contribution in [0.3, 0.4) is 0 Å². The summed E-state index contributed by atoms with van der Waals surface area (Å²) in [6, 6.07) is 1.32. The largest absolute Gasteiger partial charge is 0.427 e. The van der Waals surface area contributed by atoms with E-state index in [-0.39, 0.29) is 5.78 Å². The first-order chi connectivity index (χ1) is 5.52. The van der Waals surface area contributed by atoms with Crippen LogP contribution in [-0.4, -0.2) is 5.78 Å². The fourth-order valence-corrected chi connectivity index (χ4v) is 1.28. The number of aryl methyl sites for hydroxylation is 2. The Bertz CT molecular complexity index is 348. The van der Waals surface area contributed by atoms with E-state index in [1.54, 1.807) is 13.8 Å². The van der Waals surface area contributed by atoms with Crippen molar-refractivity contribution >= 4 is 5.78 Å². The lowest BCUT2D eigenvalue weighted by Crippen LogP contribution is -2.07. The molecule has 3 heteroatoms. The average Bonchev–Trinajstić information content (AvgIpc) is 1.82. The van der Waals surface area contributed by atoms with E-state index >= 15 is 0 Å². The van der Waals surface area contributed by atoms with E-state index in [9.17, 15) is 9.59 Å². The molecular formula is C9H10O3. The van der Waals surface area contributed by atoms with Gasteiger partial charge in [-0.05, 0) is 26.3 Å². The number of carbonyl (C=O) groups excluding carboxylic acids is 1. The molecule has 3 nitrogen and oxygen atoms in total. The van der Waals surface area contributed by atoms with E-state index in [1.165, 1.54) is 13.0 Å². The molecule has 0 aliphatic rings. The van der Waals surface area contributed by atoms with Crippen molar-refractivity contribution in [3.05, 3.63) is 33.4 Å². The Morgan fingerprint density at radius 1 is 1.42 bits per heavy atom. The van der Waals surface area contributed by atoms with Crippen molar-refractivity contribution in [3.8, 4) is 0 Å². The maximum absolute atomic E-state index is 11.0. The fraction of sp³-hybridized carbons (Fsp3) is 0.333. The van der Waals surface area contributed by atoms with Gasteiger partial charge in [0.1, 0.15) is 5.76 Å². The van der Waals surface area contributed by atoms with Crippen molar-refractivity contribution < 1.29 is 9.21 Å². The molecule has 0 saturated carbocycles. The zero-order valence-electron chi connectivity index (χ0n) is 7.30. The van der Waals surface area contributed by atoms with Crippen LogP contribution in [-0.2, 0) is 0 Å². The van der Waals surface area contributed by atoms with Gasteiger partial charge in [-0.2, -0.15) is 0 Å². The Morgan fingerprint density at radius 2 is 2.00 bits per heavy atom. The van der Waals surface area contributed by atoms with Crippen molar-refractivity contribution in [3.63, 3.8) is 0 Å². The first kappa shape index (κ1) is 8.71. The summed E-state index contributed by atoms with van der Waals surface area (Å²) < 4.78 is 4.77. The predicted octanol–water partition coefficient (Wildman–Crippen LogP) is 1.46. The fourth-order valence-electron chi connectivity index (χ4n) is 1.28. The van der Waals surface area contributed by atoms with Crippen LogP contribution < -0.4 is 5.63 Å². The van der Waals surface area contributed by atoms with Crippen molar-refractivity contribution in [2.24, 2.45) is 0 Å². The van der Waals surface area contributed by atoms with Gasteiger partial charge in [-0.15, -0.1) is 0 Å². The lowest BCUT2D eigenvalue weighted by atomic mass is 10.1. The van der Waals surface area contributed by atoms with E-state index in [2.05, 4.69) is 0 Å². The Morgan fingerprint density at radius 3 is 2.42 bits per heavy atom. The van der Waals surface area contributed by atoms with Crippen LogP contribution in [0.15, 0.2) is 15.3 Å². The van der Waals surface area contributed by atoms with Crippen molar-refractivity contribution in [2.45, 2.75) is 20.8 Å². The van der Waals surface area contributed by atoms with E-state index < -0.39 is 5.63 Å². The molecule has 0 saturated heterocycles. The van der Waals surface area contributed by atoms with Crippen LogP contribution in [0.2, 0.25) is 0 Å². The predicted molar refractivity (Wildman–Crippen MR) is 44.5 cm³/mol. The summed E-state index contributed by atoms with van der Waals surface area (Å²) in [6.45, 7) is 4.79. The molecule has 0 N–H and O–H groups in total. The first-order valence-corrected chi connectivity index (χ1v) is 3.64. The molecule has 0 spiro atoms. The molecular weight excluding hydrogens is 156 g/mol. The van der Waals surface area contributed by atoms with Gasteiger partial charge in [0.2, 0.25) is 0 Å². The Hall–Kier alpha value is -1.38. The van der Waals surface area contributed by atoms with Gasteiger partial charge < -0.3 is 4.42 Å². The average molecular weight is 166 g/mol. The third-order valence-corrected chi connectivity index (χ3v) is 1.69. The summed E-state index contributed by atoms with van der Waals surface area (Å²) in [7, 11) is 0. The molecule has 0 bridgehead atoms. The summed E-state index contributed by atoms with van der Waals surface area (Å²) in [5.41, 5.74) is 0.779. The number of Topliss-reactive ketones (excluding diaryl/α,β-unsaturated/α-hetero) is 1. The number of hydrogen-bond acceptors (Lipinski definition) is 3. The minimum Gasteiger partial charge on any atom is -0.427 e. The third kappa shape index (κ3) is 1.44.